The van der Waals surface area contributed by atoms with Crippen LogP contribution in [0.3, 0.4) is 0 Å². The molecule has 6 heteroatoms. The molecule has 0 fully saturated rings. The minimum absolute atomic E-state index is 0.0554. The second kappa shape index (κ2) is 10.5. The molecule has 5 nitrogen and oxygen atoms in total. The van der Waals surface area contributed by atoms with E-state index in [4.69, 9.17) is 4.74 Å². The van der Waals surface area contributed by atoms with Gasteiger partial charge in [-0.3, -0.25) is 9.59 Å². The zero-order valence-electron chi connectivity index (χ0n) is 20.5. The van der Waals surface area contributed by atoms with Crippen molar-refractivity contribution in [1.82, 2.24) is 0 Å². The van der Waals surface area contributed by atoms with E-state index in [1.165, 1.54) is 12.1 Å². The molecule has 1 heterocycles. The van der Waals surface area contributed by atoms with E-state index < -0.39 is 17.7 Å². The molecule has 0 unspecified atom stereocenters. The number of carbonyl (C=O) groups is 2. The van der Waals surface area contributed by atoms with Gasteiger partial charge in [0.1, 0.15) is 23.6 Å². The molecule has 2 aromatic carbocycles. The molecule has 0 aromatic heterocycles. The summed E-state index contributed by atoms with van der Waals surface area (Å²) in [5, 5.41) is 10.5. The summed E-state index contributed by atoms with van der Waals surface area (Å²) in [6, 6.07) is 14.7. The van der Waals surface area contributed by atoms with Crippen molar-refractivity contribution in [3.63, 3.8) is 0 Å². The van der Waals surface area contributed by atoms with Crippen LogP contribution in [0.25, 0.3) is 0 Å². The molecule has 34 heavy (non-hydrogen) atoms. The highest BCUT2D eigenvalue weighted by Gasteiger charge is 2.39. The monoisotopic (exact) mass is 467 g/mol. The zero-order chi connectivity index (χ0) is 25.0. The van der Waals surface area contributed by atoms with Crippen molar-refractivity contribution in [3.8, 4) is 0 Å². The van der Waals surface area contributed by atoms with Crippen molar-refractivity contribution in [3.05, 3.63) is 77.6 Å². The Hall–Kier alpha value is -2.99. The summed E-state index contributed by atoms with van der Waals surface area (Å²) < 4.78 is 18.8. The zero-order valence-corrected chi connectivity index (χ0v) is 20.5. The van der Waals surface area contributed by atoms with Crippen LogP contribution in [0.1, 0.15) is 64.5 Å². The molecule has 1 aliphatic rings. The highest BCUT2D eigenvalue weighted by molar-refractivity contribution is 5.95. The third-order valence-corrected chi connectivity index (χ3v) is 5.73. The van der Waals surface area contributed by atoms with Gasteiger partial charge in [0.15, 0.2) is 0 Å². The number of esters is 1. The molecule has 0 aliphatic carbocycles. The number of halogens is 1. The van der Waals surface area contributed by atoms with Crippen LogP contribution in [0.5, 0.6) is 0 Å². The van der Waals surface area contributed by atoms with E-state index >= 15 is 0 Å². The fourth-order valence-corrected chi connectivity index (χ4v) is 4.52. The average molecular weight is 468 g/mol. The smallest absolute Gasteiger partial charge is 0.313 e. The second-order valence-corrected chi connectivity index (χ2v) is 10.0. The number of aliphatic hydroxyl groups excluding tert-OH is 1. The lowest BCUT2D eigenvalue weighted by Crippen LogP contribution is -2.38. The number of fused-ring (bicyclic) bond motifs is 1. The molecule has 1 aliphatic heterocycles. The summed E-state index contributed by atoms with van der Waals surface area (Å²) in [6.45, 7) is 9.43. The van der Waals surface area contributed by atoms with Crippen LogP contribution >= 0.6 is 0 Å². The van der Waals surface area contributed by atoms with Gasteiger partial charge in [0.25, 0.3) is 0 Å². The Morgan fingerprint density at radius 2 is 1.76 bits per heavy atom. The van der Waals surface area contributed by atoms with Crippen molar-refractivity contribution in [2.45, 2.75) is 77.2 Å². The van der Waals surface area contributed by atoms with Crippen molar-refractivity contribution in [1.29, 1.82) is 0 Å². The number of anilines is 1. The van der Waals surface area contributed by atoms with Gasteiger partial charge in [-0.2, -0.15) is 0 Å². The Morgan fingerprint density at radius 3 is 2.38 bits per heavy atom. The van der Waals surface area contributed by atoms with Crippen LogP contribution < -0.4 is 4.90 Å². The van der Waals surface area contributed by atoms with E-state index in [1.807, 2.05) is 18.2 Å². The van der Waals surface area contributed by atoms with Crippen molar-refractivity contribution in [2.24, 2.45) is 0 Å². The third kappa shape index (κ3) is 6.32. The molecular weight excluding hydrogens is 433 g/mol. The minimum atomic E-state index is -1.03. The van der Waals surface area contributed by atoms with Crippen LogP contribution in [-0.4, -0.2) is 40.6 Å². The predicted molar refractivity (Wildman–Crippen MR) is 131 cm³/mol. The van der Waals surface area contributed by atoms with Crippen molar-refractivity contribution >= 4 is 17.4 Å². The fourth-order valence-electron chi connectivity index (χ4n) is 4.52. The Morgan fingerprint density at radius 1 is 1.12 bits per heavy atom. The first-order valence-electron chi connectivity index (χ1n) is 11.7. The normalized spacial score (nSPS) is 18.9. The van der Waals surface area contributed by atoms with Crippen LogP contribution in [0.15, 0.2) is 60.7 Å². The molecule has 0 bridgehead atoms. The molecule has 3 atom stereocenters. The summed E-state index contributed by atoms with van der Waals surface area (Å²) in [6.07, 6.45) is 1.97. The summed E-state index contributed by atoms with van der Waals surface area (Å²) in [5.74, 6) is -1.32. The number of hydrogen-bond acceptors (Lipinski definition) is 5. The lowest BCUT2D eigenvalue weighted by atomic mass is 9.87. The maximum absolute atomic E-state index is 13.6. The molecule has 0 saturated heterocycles. The molecule has 182 valence electrons. The SMILES string of the molecule is CC(C)N1c2ccccc2[C@H](c2ccc(F)cc2)[C@H]1/C=C/[C@@H](O)CC(=O)CC(=O)OC(C)(C)C. The lowest BCUT2D eigenvalue weighted by molar-refractivity contribution is -0.156. The minimum Gasteiger partial charge on any atom is -0.460 e. The first kappa shape index (κ1) is 25.6. The highest BCUT2D eigenvalue weighted by atomic mass is 19.1. The van der Waals surface area contributed by atoms with Crippen LogP contribution in [-0.2, 0) is 14.3 Å². The predicted octanol–water partition coefficient (Wildman–Crippen LogP) is 5.16. The topological polar surface area (TPSA) is 66.8 Å². The van der Waals surface area contributed by atoms with Crippen molar-refractivity contribution in [2.75, 3.05) is 4.90 Å². The van der Waals surface area contributed by atoms with Gasteiger partial charge in [0.2, 0.25) is 0 Å². The molecular formula is C28H34FNO4. The standard InChI is InChI=1S/C28H34FNO4/c1-18(2)30-24-9-7-6-8-23(24)27(19-10-12-20(29)13-11-19)25(30)15-14-21(31)16-22(32)17-26(33)34-28(3,4)5/h6-15,18,21,25,27,31H,16-17H2,1-5H3/b15-14+/t21-,25-,27+/m1/s1. The molecule has 0 saturated carbocycles. The molecule has 2 aromatic rings. The quantitative estimate of drug-likeness (QED) is 0.330. The van der Waals surface area contributed by atoms with Gasteiger partial charge in [0, 0.05) is 24.1 Å². The average Bonchev–Trinajstić information content (AvgIpc) is 3.05. The number of carbonyl (C=O) groups excluding carboxylic acids is 2. The van der Waals surface area contributed by atoms with Gasteiger partial charge in [0.05, 0.1) is 12.1 Å². The molecule has 0 radical (unpaired) electrons. The molecule has 1 N–H and O–H groups in total. The van der Waals surface area contributed by atoms with Crippen LogP contribution in [0.2, 0.25) is 0 Å². The number of hydrogen-bond donors (Lipinski definition) is 1. The first-order valence-corrected chi connectivity index (χ1v) is 11.7. The lowest BCUT2D eigenvalue weighted by Gasteiger charge is -2.32. The summed E-state index contributed by atoms with van der Waals surface area (Å²) in [5.41, 5.74) is 2.54. The van der Waals surface area contributed by atoms with Crippen LogP contribution in [0, 0.1) is 5.82 Å². The number of rotatable bonds is 8. The Balaban J connectivity index is 1.80. The third-order valence-electron chi connectivity index (χ3n) is 5.73. The summed E-state index contributed by atoms with van der Waals surface area (Å²) in [7, 11) is 0. The van der Waals surface area contributed by atoms with E-state index in [-0.39, 0.29) is 42.4 Å². The molecule has 0 amide bonds. The number of ether oxygens (including phenoxy) is 1. The molecule has 0 spiro atoms. The summed E-state index contributed by atoms with van der Waals surface area (Å²) >= 11 is 0. The van der Waals surface area contributed by atoms with E-state index in [2.05, 4.69) is 30.9 Å². The van der Waals surface area contributed by atoms with E-state index in [9.17, 15) is 19.1 Å². The Kier molecular flexibility index (Phi) is 7.93. The number of benzene rings is 2. The largest absolute Gasteiger partial charge is 0.460 e. The van der Waals surface area contributed by atoms with E-state index in [0.29, 0.717) is 0 Å². The first-order chi connectivity index (χ1) is 16.0. The van der Waals surface area contributed by atoms with E-state index in [0.717, 1.165) is 16.8 Å². The maximum Gasteiger partial charge on any atom is 0.313 e. The Bertz CT molecular complexity index is 1040. The fraction of sp³-hybridized carbons (Fsp3) is 0.429. The number of aliphatic hydroxyl groups is 1. The van der Waals surface area contributed by atoms with Gasteiger partial charge in [-0.05, 0) is 63.9 Å². The summed E-state index contributed by atoms with van der Waals surface area (Å²) in [4.78, 5) is 26.5. The maximum atomic E-state index is 13.6. The van der Waals surface area contributed by atoms with Gasteiger partial charge < -0.3 is 14.7 Å². The van der Waals surface area contributed by atoms with Crippen molar-refractivity contribution < 1.29 is 23.8 Å². The van der Waals surface area contributed by atoms with Gasteiger partial charge in [-0.25, -0.2) is 4.39 Å². The molecule has 3 rings (SSSR count). The van der Waals surface area contributed by atoms with Gasteiger partial charge >= 0.3 is 5.97 Å². The number of Topliss-reactive ketones (excluding diaryl/α,β-unsaturated/α-hetero) is 1. The Labute approximate surface area is 201 Å². The van der Waals surface area contributed by atoms with Gasteiger partial charge in [-0.15, -0.1) is 0 Å². The number of ketones is 1. The van der Waals surface area contributed by atoms with Crippen LogP contribution in [0.4, 0.5) is 10.1 Å². The highest BCUT2D eigenvalue weighted by Crippen LogP contribution is 2.46. The van der Waals surface area contributed by atoms with Gasteiger partial charge in [-0.1, -0.05) is 42.5 Å². The van der Waals surface area contributed by atoms with E-state index in [1.54, 1.807) is 39.0 Å². The second-order valence-electron chi connectivity index (χ2n) is 10.0. The number of nitrogens with zero attached hydrogens (tertiary/aromatic N) is 1. The number of para-hydroxylation sites is 1.